The van der Waals surface area contributed by atoms with Crippen LogP contribution in [0.15, 0.2) is 103 Å². The Morgan fingerprint density at radius 1 is 0.778 bits per heavy atom. The normalized spacial score (nSPS) is 10.6. The molecule has 0 heterocycles. The third kappa shape index (κ3) is 7.48. The Labute approximate surface area is 209 Å². The molecule has 0 spiro atoms. The molecule has 0 atom stereocenters. The average molecular weight is 483 g/mol. The average Bonchev–Trinajstić information content (AvgIpc) is 2.88. The summed E-state index contributed by atoms with van der Waals surface area (Å²) in [6, 6.07) is 21.5. The molecule has 6 heteroatoms. The molecule has 0 fully saturated rings. The summed E-state index contributed by atoms with van der Waals surface area (Å²) in [5.74, 6) is -0.442. The van der Waals surface area contributed by atoms with Crippen LogP contribution in [0.5, 0.6) is 11.5 Å². The molecule has 0 radical (unpaired) electrons. The minimum atomic E-state index is -0.692. The van der Waals surface area contributed by atoms with Crippen molar-refractivity contribution in [3.8, 4) is 22.6 Å². The molecule has 0 saturated heterocycles. The number of esters is 2. The lowest BCUT2D eigenvalue weighted by Gasteiger charge is -2.07. The highest BCUT2D eigenvalue weighted by atomic mass is 16.5. The van der Waals surface area contributed by atoms with Crippen molar-refractivity contribution >= 4 is 23.8 Å². The fourth-order valence-electron chi connectivity index (χ4n) is 3.06. The Morgan fingerprint density at radius 3 is 1.81 bits per heavy atom. The van der Waals surface area contributed by atoms with Gasteiger partial charge in [0.15, 0.2) is 5.78 Å². The lowest BCUT2D eigenvalue weighted by Crippen LogP contribution is -2.12. The fourth-order valence-corrected chi connectivity index (χ4v) is 3.06. The largest absolute Gasteiger partial charge is 0.423 e. The topological polar surface area (TPSA) is 89.9 Å². The zero-order valence-corrected chi connectivity index (χ0v) is 19.9. The number of aliphatic hydroxyl groups is 1. The number of allylic oxidation sites excluding steroid dienone is 1. The maximum Gasteiger partial charge on any atom is 0.341 e. The molecule has 0 saturated carbocycles. The third-order valence-electron chi connectivity index (χ3n) is 5.11. The number of ketones is 1. The summed E-state index contributed by atoms with van der Waals surface area (Å²) < 4.78 is 10.3. The van der Waals surface area contributed by atoms with Crippen LogP contribution in [0, 0.1) is 0 Å². The molecule has 3 rings (SSSR count). The zero-order chi connectivity index (χ0) is 26.1. The molecule has 0 amide bonds. The summed E-state index contributed by atoms with van der Waals surface area (Å²) in [6.07, 6.45) is 3.45. The van der Waals surface area contributed by atoms with Gasteiger partial charge in [-0.25, -0.2) is 9.59 Å². The zero-order valence-electron chi connectivity index (χ0n) is 19.9. The van der Waals surface area contributed by atoms with Crippen molar-refractivity contribution < 1.29 is 29.0 Å². The number of carbonyl (C=O) groups is 3. The van der Waals surface area contributed by atoms with Crippen molar-refractivity contribution in [1.29, 1.82) is 0 Å². The van der Waals surface area contributed by atoms with Crippen LogP contribution in [0.4, 0.5) is 0 Å². The van der Waals surface area contributed by atoms with Crippen molar-refractivity contribution in [2.45, 2.75) is 13.3 Å². The van der Waals surface area contributed by atoms with Gasteiger partial charge in [-0.1, -0.05) is 67.8 Å². The van der Waals surface area contributed by atoms with Gasteiger partial charge >= 0.3 is 11.9 Å². The van der Waals surface area contributed by atoms with E-state index in [1.165, 1.54) is 6.08 Å². The molecule has 0 aliphatic rings. The van der Waals surface area contributed by atoms with Crippen molar-refractivity contribution in [3.05, 3.63) is 114 Å². The monoisotopic (exact) mass is 482 g/mol. The number of aliphatic hydroxyl groups excluding tert-OH is 1. The van der Waals surface area contributed by atoms with Crippen molar-refractivity contribution in [2.24, 2.45) is 0 Å². The number of hydrogen-bond acceptors (Lipinski definition) is 6. The Balaban J connectivity index is 1.54. The van der Waals surface area contributed by atoms with E-state index in [2.05, 4.69) is 13.2 Å². The van der Waals surface area contributed by atoms with Gasteiger partial charge in [0, 0.05) is 12.0 Å². The Bertz CT molecular complexity index is 1300. The van der Waals surface area contributed by atoms with Gasteiger partial charge in [0.05, 0.1) is 12.2 Å². The van der Waals surface area contributed by atoms with Crippen molar-refractivity contribution in [1.82, 2.24) is 0 Å². The second-order valence-electron chi connectivity index (χ2n) is 8.09. The van der Waals surface area contributed by atoms with E-state index < -0.39 is 18.5 Å². The molecule has 1 N–H and O–H groups in total. The predicted molar refractivity (Wildman–Crippen MR) is 138 cm³/mol. The van der Waals surface area contributed by atoms with E-state index in [4.69, 9.17) is 14.6 Å². The quantitative estimate of drug-likeness (QED) is 0.245. The Kier molecular flexibility index (Phi) is 8.86. The van der Waals surface area contributed by atoms with Gasteiger partial charge in [-0.3, -0.25) is 4.79 Å². The highest BCUT2D eigenvalue weighted by Crippen LogP contribution is 2.23. The van der Waals surface area contributed by atoms with Crippen LogP contribution < -0.4 is 9.47 Å². The summed E-state index contributed by atoms with van der Waals surface area (Å²) in [7, 11) is 0. The summed E-state index contributed by atoms with van der Waals surface area (Å²) in [5.41, 5.74) is 3.89. The van der Waals surface area contributed by atoms with Crippen LogP contribution in [-0.2, 0) is 20.8 Å². The molecule has 182 valence electrons. The van der Waals surface area contributed by atoms with Crippen LogP contribution in [0.2, 0.25) is 0 Å². The number of benzene rings is 3. The van der Waals surface area contributed by atoms with E-state index in [0.29, 0.717) is 17.1 Å². The van der Waals surface area contributed by atoms with E-state index >= 15 is 0 Å². The van der Waals surface area contributed by atoms with E-state index in [1.54, 1.807) is 49.4 Å². The van der Waals surface area contributed by atoms with E-state index in [9.17, 15) is 14.4 Å². The van der Waals surface area contributed by atoms with Gasteiger partial charge < -0.3 is 14.6 Å². The molecule has 0 aliphatic heterocycles. The molecular formula is C30H26O6. The van der Waals surface area contributed by atoms with Crippen LogP contribution in [0.3, 0.4) is 0 Å². The molecule has 3 aromatic carbocycles. The number of hydrogen-bond donors (Lipinski definition) is 1. The van der Waals surface area contributed by atoms with E-state index in [0.717, 1.165) is 22.3 Å². The van der Waals surface area contributed by atoms with E-state index in [1.807, 2.05) is 36.4 Å². The number of carbonyl (C=O) groups excluding carboxylic acids is 3. The standard InChI is InChI=1S/C30H26O6/c1-20(2)29(33)35-28-16-11-25(12-17-28)24-9-4-23(5-10-24)18-26(32)13-6-22-7-14-27(15-8-22)36-30(34)21(3)19-31/h4-17,31H,1,3,18-19H2,2H3/b13-6+. The fraction of sp³-hybridized carbons (Fsp3) is 0.100. The molecule has 0 unspecified atom stereocenters. The molecule has 36 heavy (non-hydrogen) atoms. The Hall–Kier alpha value is -4.55. The maximum atomic E-state index is 12.4. The highest BCUT2D eigenvalue weighted by Gasteiger charge is 2.09. The summed E-state index contributed by atoms with van der Waals surface area (Å²) in [4.78, 5) is 35.6. The van der Waals surface area contributed by atoms with Crippen LogP contribution >= 0.6 is 0 Å². The van der Waals surface area contributed by atoms with Gasteiger partial charge in [-0.15, -0.1) is 0 Å². The van der Waals surface area contributed by atoms with Gasteiger partial charge in [0.1, 0.15) is 11.5 Å². The number of rotatable bonds is 10. The molecule has 6 nitrogen and oxygen atoms in total. The lowest BCUT2D eigenvalue weighted by atomic mass is 10.0. The summed E-state index contributed by atoms with van der Waals surface area (Å²) in [5, 5.41) is 8.91. The first kappa shape index (κ1) is 26.1. The molecule has 0 aromatic heterocycles. The molecule has 0 aliphatic carbocycles. The summed E-state index contributed by atoms with van der Waals surface area (Å²) in [6.45, 7) is 8.11. The maximum absolute atomic E-state index is 12.4. The second kappa shape index (κ2) is 12.2. The van der Waals surface area contributed by atoms with Crippen LogP contribution in [-0.4, -0.2) is 29.4 Å². The van der Waals surface area contributed by atoms with Crippen molar-refractivity contribution in [2.75, 3.05) is 6.61 Å². The predicted octanol–water partition coefficient (Wildman–Crippen LogP) is 5.11. The van der Waals surface area contributed by atoms with Gasteiger partial charge in [-0.05, 0) is 59.5 Å². The first-order chi connectivity index (χ1) is 17.2. The van der Waals surface area contributed by atoms with Gasteiger partial charge in [0.25, 0.3) is 0 Å². The first-order valence-corrected chi connectivity index (χ1v) is 11.1. The third-order valence-corrected chi connectivity index (χ3v) is 5.11. The highest BCUT2D eigenvalue weighted by molar-refractivity contribution is 5.95. The Morgan fingerprint density at radius 2 is 1.28 bits per heavy atom. The van der Waals surface area contributed by atoms with Crippen LogP contribution in [0.1, 0.15) is 18.1 Å². The SMILES string of the molecule is C=C(C)C(=O)Oc1ccc(-c2ccc(CC(=O)/C=C/c3ccc(OC(=O)C(=C)CO)cc3)cc2)cc1. The lowest BCUT2D eigenvalue weighted by molar-refractivity contribution is -0.131. The smallest absolute Gasteiger partial charge is 0.341 e. The number of ether oxygens (including phenoxy) is 2. The molecule has 0 bridgehead atoms. The minimum absolute atomic E-state index is 0.0305. The van der Waals surface area contributed by atoms with Crippen LogP contribution in [0.25, 0.3) is 17.2 Å². The second-order valence-corrected chi connectivity index (χ2v) is 8.09. The van der Waals surface area contributed by atoms with Crippen molar-refractivity contribution in [3.63, 3.8) is 0 Å². The first-order valence-electron chi connectivity index (χ1n) is 11.1. The molecular weight excluding hydrogens is 456 g/mol. The van der Waals surface area contributed by atoms with Gasteiger partial charge in [-0.2, -0.15) is 0 Å². The van der Waals surface area contributed by atoms with Gasteiger partial charge in [0.2, 0.25) is 0 Å². The minimum Gasteiger partial charge on any atom is -0.423 e. The summed E-state index contributed by atoms with van der Waals surface area (Å²) >= 11 is 0. The van der Waals surface area contributed by atoms with E-state index in [-0.39, 0.29) is 17.8 Å². The molecule has 3 aromatic rings.